The lowest BCUT2D eigenvalue weighted by Gasteiger charge is -2.07. The molecule has 0 radical (unpaired) electrons. The zero-order chi connectivity index (χ0) is 12.5. The van der Waals surface area contributed by atoms with Crippen molar-refractivity contribution < 1.29 is 17.5 Å². The number of fused-ring (bicyclic) bond motifs is 1. The molecule has 0 saturated carbocycles. The number of para-hydroxylation sites is 2. The van der Waals surface area contributed by atoms with Crippen LogP contribution >= 0.6 is 11.3 Å². The summed E-state index contributed by atoms with van der Waals surface area (Å²) >= 11 is 1.63. The summed E-state index contributed by atoms with van der Waals surface area (Å²) in [6.45, 7) is 2.04. The van der Waals surface area contributed by atoms with E-state index in [2.05, 4.69) is 15.3 Å². The van der Waals surface area contributed by atoms with Crippen LogP contribution in [0.5, 0.6) is 5.75 Å². The van der Waals surface area contributed by atoms with E-state index in [-0.39, 0.29) is 18.2 Å². The Kier molecular flexibility index (Phi) is 3.87. The van der Waals surface area contributed by atoms with Crippen molar-refractivity contribution in [1.82, 2.24) is 9.97 Å². The van der Waals surface area contributed by atoms with Gasteiger partial charge in [-0.1, -0.05) is 12.1 Å². The molecule has 0 aliphatic carbocycles. The number of anilines is 2. The number of benzene rings is 1. The normalized spacial score (nSPS) is 10.2. The van der Waals surface area contributed by atoms with E-state index in [9.17, 15) is 5.11 Å². The van der Waals surface area contributed by atoms with Gasteiger partial charge in [-0.2, -0.15) is 0 Å². The minimum Gasteiger partial charge on any atom is -1.00 e. The molecule has 3 aromatic rings. The summed E-state index contributed by atoms with van der Waals surface area (Å²) < 4.78 is 0. The first-order chi connectivity index (χ1) is 8.74. The Labute approximate surface area is 120 Å². The van der Waals surface area contributed by atoms with E-state index in [0.29, 0.717) is 11.5 Å². The van der Waals surface area contributed by atoms with Gasteiger partial charge in [0.25, 0.3) is 0 Å². The fraction of sp³-hybridized carbons (Fsp3) is 0.0769. The van der Waals surface area contributed by atoms with E-state index in [1.807, 2.05) is 25.1 Å². The van der Waals surface area contributed by atoms with Gasteiger partial charge in [0.1, 0.15) is 22.7 Å². The molecule has 0 unspecified atom stereocenters. The smallest absolute Gasteiger partial charge is 0.142 e. The fourth-order valence-electron chi connectivity index (χ4n) is 1.78. The number of phenolic OH excluding ortho intramolecular Hbond substituents is 1. The van der Waals surface area contributed by atoms with E-state index in [1.54, 1.807) is 23.5 Å². The minimum atomic E-state index is 0. The molecule has 1 aromatic carbocycles. The summed E-state index contributed by atoms with van der Waals surface area (Å²) in [6.07, 6.45) is 1.53. The number of aryl methyl sites for hydroxylation is 1. The van der Waals surface area contributed by atoms with Gasteiger partial charge in [-0.25, -0.2) is 9.97 Å². The summed E-state index contributed by atoms with van der Waals surface area (Å²) in [7, 11) is 0. The number of aromatic hydroxyl groups is 1. The summed E-state index contributed by atoms with van der Waals surface area (Å²) in [5.41, 5.74) is 0.640. The van der Waals surface area contributed by atoms with Crippen molar-refractivity contribution in [3.8, 4) is 5.75 Å². The standard InChI is InChI=1S/C13H11N3OS.ClH/c1-8-6-9-12(14-7-15-13(9)18-8)16-10-4-2-3-5-11(10)17;/h2-7,17H,1H3,(H,14,15,16);1H/p-1. The Morgan fingerprint density at radius 1 is 1.21 bits per heavy atom. The van der Waals surface area contributed by atoms with Crippen LogP contribution in [-0.4, -0.2) is 15.1 Å². The molecule has 98 valence electrons. The summed E-state index contributed by atoms with van der Waals surface area (Å²) in [5, 5.41) is 13.9. The minimum absolute atomic E-state index is 0. The molecule has 4 nitrogen and oxygen atoms in total. The number of hydrogen-bond donors (Lipinski definition) is 2. The van der Waals surface area contributed by atoms with Gasteiger partial charge in [0.2, 0.25) is 0 Å². The maximum absolute atomic E-state index is 9.75. The van der Waals surface area contributed by atoms with E-state index in [0.717, 1.165) is 10.2 Å². The van der Waals surface area contributed by atoms with Crippen LogP contribution in [-0.2, 0) is 0 Å². The molecular formula is C13H11ClN3OS-. The highest BCUT2D eigenvalue weighted by Crippen LogP contribution is 2.31. The number of phenols is 1. The number of rotatable bonds is 2. The second kappa shape index (κ2) is 5.42. The van der Waals surface area contributed by atoms with Crippen LogP contribution < -0.4 is 17.7 Å². The van der Waals surface area contributed by atoms with Gasteiger partial charge in [0.15, 0.2) is 0 Å². The third kappa shape index (κ3) is 2.62. The highest BCUT2D eigenvalue weighted by Gasteiger charge is 2.08. The first kappa shape index (κ1) is 13.6. The number of thiophene rings is 1. The molecule has 0 saturated heterocycles. The van der Waals surface area contributed by atoms with Crippen molar-refractivity contribution in [3.63, 3.8) is 0 Å². The van der Waals surface area contributed by atoms with Crippen molar-refractivity contribution in [2.75, 3.05) is 5.32 Å². The van der Waals surface area contributed by atoms with Crippen LogP contribution in [0.4, 0.5) is 11.5 Å². The second-order valence-electron chi connectivity index (χ2n) is 3.94. The molecule has 2 heterocycles. The van der Waals surface area contributed by atoms with Crippen molar-refractivity contribution in [3.05, 3.63) is 41.5 Å². The van der Waals surface area contributed by atoms with Crippen molar-refractivity contribution in [1.29, 1.82) is 0 Å². The Hall–Kier alpha value is -1.85. The molecule has 3 rings (SSSR count). The van der Waals surface area contributed by atoms with Crippen LogP contribution in [0.25, 0.3) is 10.2 Å². The molecule has 0 spiro atoms. The molecular weight excluding hydrogens is 282 g/mol. The maximum atomic E-state index is 9.75. The average Bonchev–Trinajstić information content (AvgIpc) is 2.73. The molecule has 0 fully saturated rings. The van der Waals surface area contributed by atoms with Crippen molar-refractivity contribution in [2.45, 2.75) is 6.92 Å². The lowest BCUT2D eigenvalue weighted by atomic mass is 10.3. The summed E-state index contributed by atoms with van der Waals surface area (Å²) in [6, 6.07) is 9.13. The van der Waals surface area contributed by atoms with Crippen molar-refractivity contribution >= 4 is 33.1 Å². The van der Waals surface area contributed by atoms with Gasteiger partial charge in [0.05, 0.1) is 11.1 Å². The lowest BCUT2D eigenvalue weighted by molar-refractivity contribution is -0.00000461. The zero-order valence-electron chi connectivity index (χ0n) is 10.1. The Morgan fingerprint density at radius 3 is 2.79 bits per heavy atom. The Bertz CT molecular complexity index is 714. The molecule has 0 bridgehead atoms. The largest absolute Gasteiger partial charge is 1.00 e. The molecule has 2 aromatic heterocycles. The maximum Gasteiger partial charge on any atom is 0.142 e. The van der Waals surface area contributed by atoms with Gasteiger partial charge >= 0.3 is 0 Å². The molecule has 0 aliphatic heterocycles. The third-order valence-corrected chi connectivity index (χ3v) is 3.57. The Morgan fingerprint density at radius 2 is 2.00 bits per heavy atom. The average molecular weight is 293 g/mol. The van der Waals surface area contributed by atoms with Gasteiger partial charge in [-0.05, 0) is 25.1 Å². The first-order valence-electron chi connectivity index (χ1n) is 5.50. The topological polar surface area (TPSA) is 58.0 Å². The SMILES string of the molecule is Cc1cc2c(Nc3ccccc3O)ncnc2s1.[Cl-]. The highest BCUT2D eigenvalue weighted by molar-refractivity contribution is 7.18. The predicted molar refractivity (Wildman–Crippen MR) is 73.5 cm³/mol. The second-order valence-corrected chi connectivity index (χ2v) is 5.18. The quantitative estimate of drug-likeness (QED) is 0.674. The highest BCUT2D eigenvalue weighted by atomic mass is 35.5. The van der Waals surface area contributed by atoms with Gasteiger partial charge in [0, 0.05) is 4.88 Å². The van der Waals surface area contributed by atoms with Gasteiger partial charge in [-0.3, -0.25) is 0 Å². The van der Waals surface area contributed by atoms with Crippen LogP contribution in [0, 0.1) is 6.92 Å². The molecule has 6 heteroatoms. The van der Waals surface area contributed by atoms with Gasteiger partial charge < -0.3 is 22.8 Å². The van der Waals surface area contributed by atoms with Gasteiger partial charge in [-0.15, -0.1) is 11.3 Å². The molecule has 19 heavy (non-hydrogen) atoms. The van der Waals surface area contributed by atoms with E-state index >= 15 is 0 Å². The third-order valence-electron chi connectivity index (χ3n) is 2.61. The molecule has 0 atom stereocenters. The number of hydrogen-bond acceptors (Lipinski definition) is 5. The number of nitrogens with one attached hydrogen (secondary N) is 1. The fourth-order valence-corrected chi connectivity index (χ4v) is 2.63. The molecule has 0 aliphatic rings. The number of nitrogens with zero attached hydrogens (tertiary/aromatic N) is 2. The van der Waals surface area contributed by atoms with Crippen LogP contribution in [0.3, 0.4) is 0 Å². The number of aromatic nitrogens is 2. The summed E-state index contributed by atoms with van der Waals surface area (Å²) in [5.74, 6) is 0.919. The zero-order valence-corrected chi connectivity index (χ0v) is 11.7. The summed E-state index contributed by atoms with van der Waals surface area (Å²) in [4.78, 5) is 10.6. The first-order valence-corrected chi connectivity index (χ1v) is 6.32. The van der Waals surface area contributed by atoms with Crippen LogP contribution in [0.15, 0.2) is 36.7 Å². The molecule has 2 N–H and O–H groups in total. The Balaban J connectivity index is 0.00000133. The van der Waals surface area contributed by atoms with E-state index in [1.165, 1.54) is 11.2 Å². The van der Waals surface area contributed by atoms with Crippen molar-refractivity contribution in [2.24, 2.45) is 0 Å². The van der Waals surface area contributed by atoms with E-state index < -0.39 is 0 Å². The molecule has 0 amide bonds. The number of halogens is 1. The van der Waals surface area contributed by atoms with Crippen LogP contribution in [0.1, 0.15) is 4.88 Å². The monoisotopic (exact) mass is 292 g/mol. The lowest BCUT2D eigenvalue weighted by Crippen LogP contribution is -3.00. The predicted octanol–water partition coefficient (Wildman–Crippen LogP) is 0.453. The van der Waals surface area contributed by atoms with E-state index in [4.69, 9.17) is 0 Å². The van der Waals surface area contributed by atoms with Crippen LogP contribution in [0.2, 0.25) is 0 Å².